The van der Waals surface area contributed by atoms with Crippen LogP contribution in [-0.2, 0) is 27.5 Å². The number of nitrogens with one attached hydrogen (secondary N) is 1. The molecule has 0 saturated heterocycles. The number of rotatable bonds is 9. The molecule has 8 nitrogen and oxygen atoms in total. The van der Waals surface area contributed by atoms with E-state index in [1.54, 1.807) is 12.1 Å². The number of halogens is 4. The summed E-state index contributed by atoms with van der Waals surface area (Å²) in [6, 6.07) is 8.80. The van der Waals surface area contributed by atoms with Gasteiger partial charge in [-0.05, 0) is 49.4 Å². The van der Waals surface area contributed by atoms with Gasteiger partial charge >= 0.3 is 6.18 Å². The number of pyridine rings is 2. The molecule has 0 fully saturated rings. The van der Waals surface area contributed by atoms with Crippen molar-refractivity contribution in [2.45, 2.75) is 30.8 Å². The summed E-state index contributed by atoms with van der Waals surface area (Å²) in [5.41, 5.74) is 0.412. The zero-order valence-corrected chi connectivity index (χ0v) is 21.3. The second-order valence-electron chi connectivity index (χ2n) is 8.47. The van der Waals surface area contributed by atoms with Crippen LogP contribution in [0, 0.1) is 5.82 Å². The summed E-state index contributed by atoms with van der Waals surface area (Å²) in [5, 5.41) is 2.40. The summed E-state index contributed by atoms with van der Waals surface area (Å²) >= 11 is 0. The van der Waals surface area contributed by atoms with Crippen LogP contribution >= 0.6 is 0 Å². The third-order valence-corrected chi connectivity index (χ3v) is 7.58. The molecule has 0 aliphatic rings. The number of fused-ring (bicyclic) bond motifs is 1. The Morgan fingerprint density at radius 1 is 1.15 bits per heavy atom. The number of amides is 1. The van der Waals surface area contributed by atoms with Gasteiger partial charge in [0.25, 0.3) is 10.0 Å². The largest absolute Gasteiger partial charge is 0.443 e. The second-order valence-corrected chi connectivity index (χ2v) is 10.3. The van der Waals surface area contributed by atoms with Crippen molar-refractivity contribution in [1.82, 2.24) is 19.6 Å². The number of furan rings is 1. The second kappa shape index (κ2) is 10.9. The molecule has 0 radical (unpaired) electrons. The van der Waals surface area contributed by atoms with Crippen molar-refractivity contribution in [2.24, 2.45) is 0 Å². The van der Waals surface area contributed by atoms with Gasteiger partial charge in [-0.2, -0.15) is 17.5 Å². The van der Waals surface area contributed by atoms with E-state index >= 15 is 0 Å². The lowest BCUT2D eigenvalue weighted by Crippen LogP contribution is -2.47. The number of carbonyl (C=O) groups excluding carboxylic acids is 1. The Balaban J connectivity index is 1.48. The SMILES string of the molecule is C=CCN([C@@H](C)C(=O)NCc1cc(-c2ccc(C(F)(F)F)cn2)ccn1)S(=O)(=O)c1cc2cc(F)ccc2o1. The maximum absolute atomic E-state index is 13.5. The first-order valence-corrected chi connectivity index (χ1v) is 12.9. The standard InChI is InChI=1S/C26H22F4N4O4S/c1-3-10-34(39(36,37)24-13-18-11-20(27)5-7-23(18)38-24)16(2)25(35)33-15-21-12-17(8-9-31-21)22-6-4-19(14-32-22)26(28,29)30/h3-9,11-14,16H,1,10,15H2,2H3,(H,33,35)/t16-/m0/s1. The van der Waals surface area contributed by atoms with Crippen LogP contribution in [0.5, 0.6) is 0 Å². The van der Waals surface area contributed by atoms with Gasteiger partial charge in [0.1, 0.15) is 17.4 Å². The molecule has 13 heteroatoms. The average molecular weight is 563 g/mol. The molecule has 0 bridgehead atoms. The zero-order chi connectivity index (χ0) is 28.4. The van der Waals surface area contributed by atoms with Crippen LogP contribution in [0.3, 0.4) is 0 Å². The summed E-state index contributed by atoms with van der Waals surface area (Å²) in [6.45, 7) is 4.64. The first-order valence-electron chi connectivity index (χ1n) is 11.5. The highest BCUT2D eigenvalue weighted by molar-refractivity contribution is 7.89. The fraction of sp³-hybridized carbons (Fsp3) is 0.192. The van der Waals surface area contributed by atoms with Crippen LogP contribution in [-0.4, -0.2) is 41.2 Å². The molecule has 1 atom stereocenters. The fourth-order valence-corrected chi connectivity index (χ4v) is 5.26. The number of hydrogen-bond acceptors (Lipinski definition) is 6. The summed E-state index contributed by atoms with van der Waals surface area (Å²) in [5.74, 6) is -1.21. The molecule has 3 aromatic heterocycles. The third kappa shape index (κ3) is 6.15. The van der Waals surface area contributed by atoms with Gasteiger partial charge in [-0.3, -0.25) is 14.8 Å². The normalized spacial score (nSPS) is 13.0. The minimum absolute atomic E-state index is 0.0937. The Hall–Kier alpha value is -4.10. The monoisotopic (exact) mass is 562 g/mol. The maximum Gasteiger partial charge on any atom is 0.417 e. The minimum atomic E-state index is -4.51. The molecular weight excluding hydrogens is 540 g/mol. The maximum atomic E-state index is 13.5. The molecule has 3 heterocycles. The Morgan fingerprint density at radius 2 is 1.92 bits per heavy atom. The van der Waals surface area contributed by atoms with E-state index in [1.807, 2.05) is 0 Å². The van der Waals surface area contributed by atoms with Crippen LogP contribution in [0.1, 0.15) is 18.2 Å². The molecule has 0 unspecified atom stereocenters. The predicted octanol–water partition coefficient (Wildman–Crippen LogP) is 4.93. The molecule has 4 rings (SSSR count). The molecular formula is C26H22F4N4O4S. The highest BCUT2D eigenvalue weighted by Gasteiger charge is 2.35. The lowest BCUT2D eigenvalue weighted by Gasteiger charge is -2.25. The Bertz CT molecular complexity index is 1620. The van der Waals surface area contributed by atoms with Gasteiger partial charge in [-0.25, -0.2) is 12.8 Å². The number of benzene rings is 1. The first-order chi connectivity index (χ1) is 18.4. The van der Waals surface area contributed by atoms with E-state index < -0.39 is 44.6 Å². The number of carbonyl (C=O) groups is 1. The van der Waals surface area contributed by atoms with E-state index in [1.165, 1.54) is 37.4 Å². The smallest absolute Gasteiger partial charge is 0.417 e. The highest BCUT2D eigenvalue weighted by atomic mass is 32.2. The van der Waals surface area contributed by atoms with Gasteiger partial charge in [0.2, 0.25) is 11.0 Å². The van der Waals surface area contributed by atoms with E-state index in [0.29, 0.717) is 11.3 Å². The van der Waals surface area contributed by atoms with Crippen molar-refractivity contribution in [1.29, 1.82) is 0 Å². The van der Waals surface area contributed by atoms with E-state index in [-0.39, 0.29) is 29.8 Å². The molecule has 204 valence electrons. The summed E-state index contributed by atoms with van der Waals surface area (Å²) in [6.07, 6.45) is -1.05. The first kappa shape index (κ1) is 27.9. The number of hydrogen-bond donors (Lipinski definition) is 1. The van der Waals surface area contributed by atoms with Gasteiger partial charge in [0.05, 0.1) is 23.5 Å². The summed E-state index contributed by atoms with van der Waals surface area (Å²) in [4.78, 5) is 20.9. The molecule has 0 spiro atoms. The fourth-order valence-electron chi connectivity index (χ4n) is 3.75. The Morgan fingerprint density at radius 3 is 2.59 bits per heavy atom. The van der Waals surface area contributed by atoms with E-state index in [2.05, 4.69) is 21.9 Å². The summed E-state index contributed by atoms with van der Waals surface area (Å²) in [7, 11) is -4.31. The van der Waals surface area contributed by atoms with Crippen molar-refractivity contribution >= 4 is 26.9 Å². The molecule has 1 aromatic carbocycles. The minimum Gasteiger partial charge on any atom is -0.443 e. The quantitative estimate of drug-likeness (QED) is 0.229. The topological polar surface area (TPSA) is 105 Å². The highest BCUT2D eigenvalue weighted by Crippen LogP contribution is 2.30. The third-order valence-electron chi connectivity index (χ3n) is 5.79. The predicted molar refractivity (Wildman–Crippen MR) is 134 cm³/mol. The van der Waals surface area contributed by atoms with Crippen LogP contribution < -0.4 is 5.32 Å². The number of sulfonamides is 1. The van der Waals surface area contributed by atoms with E-state index in [4.69, 9.17) is 4.42 Å². The Kier molecular flexibility index (Phi) is 7.84. The van der Waals surface area contributed by atoms with Crippen molar-refractivity contribution < 1.29 is 35.2 Å². The van der Waals surface area contributed by atoms with Crippen molar-refractivity contribution in [3.05, 3.63) is 90.7 Å². The van der Waals surface area contributed by atoms with Crippen molar-refractivity contribution in [3.8, 4) is 11.3 Å². The number of alkyl halides is 3. The zero-order valence-electron chi connectivity index (χ0n) is 20.4. The van der Waals surface area contributed by atoms with Gasteiger partial charge in [-0.1, -0.05) is 6.08 Å². The number of aromatic nitrogens is 2. The van der Waals surface area contributed by atoms with Crippen molar-refractivity contribution in [3.63, 3.8) is 0 Å². The van der Waals surface area contributed by atoms with Gasteiger partial charge < -0.3 is 9.73 Å². The molecule has 0 aliphatic heterocycles. The van der Waals surface area contributed by atoms with Crippen LogP contribution in [0.2, 0.25) is 0 Å². The molecule has 1 N–H and O–H groups in total. The molecule has 0 aliphatic carbocycles. The lowest BCUT2D eigenvalue weighted by atomic mass is 10.1. The van der Waals surface area contributed by atoms with Gasteiger partial charge in [0.15, 0.2) is 0 Å². The Labute approximate surface area is 221 Å². The van der Waals surface area contributed by atoms with Gasteiger partial charge in [-0.15, -0.1) is 6.58 Å². The number of nitrogens with zero attached hydrogens (tertiary/aromatic N) is 3. The molecule has 39 heavy (non-hydrogen) atoms. The molecule has 4 aromatic rings. The van der Waals surface area contributed by atoms with Crippen LogP contribution in [0.15, 0.2) is 83.1 Å². The van der Waals surface area contributed by atoms with Crippen LogP contribution in [0.4, 0.5) is 17.6 Å². The van der Waals surface area contributed by atoms with Crippen molar-refractivity contribution in [2.75, 3.05) is 6.54 Å². The van der Waals surface area contributed by atoms with E-state index in [0.717, 1.165) is 28.7 Å². The van der Waals surface area contributed by atoms with Gasteiger partial charge in [0, 0.05) is 36.0 Å². The summed E-state index contributed by atoms with van der Waals surface area (Å²) < 4.78 is 84.9. The van der Waals surface area contributed by atoms with E-state index in [9.17, 15) is 30.8 Å². The average Bonchev–Trinajstić information content (AvgIpc) is 3.34. The molecule has 1 amide bonds. The molecule has 0 saturated carbocycles. The van der Waals surface area contributed by atoms with Crippen LogP contribution in [0.25, 0.3) is 22.2 Å². The lowest BCUT2D eigenvalue weighted by molar-refractivity contribution is -0.137.